The molecule has 0 aromatic carbocycles. The number of aliphatic carboxylic acids is 1. The Morgan fingerprint density at radius 1 is 1.19 bits per heavy atom. The van der Waals surface area contributed by atoms with E-state index in [0.717, 1.165) is 32.1 Å². The quantitative estimate of drug-likeness (QED) is 0.700. The number of hydrogen-bond acceptors (Lipinski definition) is 4. The molecule has 0 radical (unpaired) electrons. The van der Waals surface area contributed by atoms with Crippen LogP contribution in [0.25, 0.3) is 0 Å². The predicted molar refractivity (Wildman–Crippen MR) is 76.6 cm³/mol. The van der Waals surface area contributed by atoms with Crippen molar-refractivity contribution in [2.75, 3.05) is 6.61 Å². The lowest BCUT2D eigenvalue weighted by atomic mass is 9.69. The van der Waals surface area contributed by atoms with E-state index in [1.807, 2.05) is 0 Å². The van der Waals surface area contributed by atoms with Gasteiger partial charge in [0, 0.05) is 6.42 Å². The summed E-state index contributed by atoms with van der Waals surface area (Å²) in [4.78, 5) is 34.7. The van der Waals surface area contributed by atoms with Gasteiger partial charge in [-0.3, -0.25) is 9.59 Å². The first-order valence-electron chi connectivity index (χ1n) is 7.56. The molecular weight excluding hydrogens is 274 g/mol. The number of amides is 1. The zero-order valence-corrected chi connectivity index (χ0v) is 12.8. The summed E-state index contributed by atoms with van der Waals surface area (Å²) in [7, 11) is 0. The first-order chi connectivity index (χ1) is 9.88. The van der Waals surface area contributed by atoms with Crippen LogP contribution < -0.4 is 5.32 Å². The predicted octanol–water partition coefficient (Wildman–Crippen LogP) is 1.87. The van der Waals surface area contributed by atoms with Gasteiger partial charge in [-0.15, -0.1) is 0 Å². The lowest BCUT2D eigenvalue weighted by molar-refractivity contribution is -0.148. The summed E-state index contributed by atoms with van der Waals surface area (Å²) in [5, 5.41) is 11.7. The lowest BCUT2D eigenvalue weighted by Crippen LogP contribution is -2.42. The van der Waals surface area contributed by atoms with E-state index in [-0.39, 0.29) is 25.4 Å². The van der Waals surface area contributed by atoms with Gasteiger partial charge in [-0.25, -0.2) is 4.79 Å². The van der Waals surface area contributed by atoms with Crippen LogP contribution in [-0.2, 0) is 19.1 Å². The van der Waals surface area contributed by atoms with Gasteiger partial charge < -0.3 is 15.2 Å². The molecular formula is C15H25NO5. The van der Waals surface area contributed by atoms with Crippen molar-refractivity contribution >= 4 is 17.8 Å². The van der Waals surface area contributed by atoms with Crippen molar-refractivity contribution in [2.45, 2.75) is 64.8 Å². The molecule has 1 unspecified atom stereocenters. The number of nitrogens with one attached hydrogen (secondary N) is 1. The molecule has 6 heteroatoms. The molecule has 0 bridgehead atoms. The van der Waals surface area contributed by atoms with Crippen LogP contribution in [0.5, 0.6) is 0 Å². The molecule has 0 heterocycles. The summed E-state index contributed by atoms with van der Waals surface area (Å²) in [6.07, 6.45) is 4.66. The minimum Gasteiger partial charge on any atom is -0.481 e. The summed E-state index contributed by atoms with van der Waals surface area (Å²) in [5.41, 5.74) is -0.470. The standard InChI is InChI=1S/C15H25NO5/c1-3-21-14(20)11(2)16-12(17)9-15(10-13(18)19)7-5-4-6-8-15/h11H,3-10H2,1-2H3,(H,16,17)(H,18,19). The Labute approximate surface area is 125 Å². The number of ether oxygens (including phenoxy) is 1. The number of carboxylic acids is 1. The third-order valence-electron chi connectivity index (χ3n) is 3.99. The molecule has 1 fully saturated rings. The van der Waals surface area contributed by atoms with Crippen LogP contribution in [0.4, 0.5) is 0 Å². The normalized spacial score (nSPS) is 18.6. The number of esters is 1. The van der Waals surface area contributed by atoms with E-state index in [2.05, 4.69) is 5.32 Å². The van der Waals surface area contributed by atoms with Crippen LogP contribution in [0.2, 0.25) is 0 Å². The van der Waals surface area contributed by atoms with Gasteiger partial charge in [-0.1, -0.05) is 19.3 Å². The topological polar surface area (TPSA) is 92.7 Å². The molecule has 2 N–H and O–H groups in total. The fourth-order valence-corrected chi connectivity index (χ4v) is 3.00. The zero-order chi connectivity index (χ0) is 15.9. The monoisotopic (exact) mass is 299 g/mol. The SMILES string of the molecule is CCOC(=O)C(C)NC(=O)CC1(CC(=O)O)CCCCC1. The first-order valence-corrected chi connectivity index (χ1v) is 7.56. The molecule has 21 heavy (non-hydrogen) atoms. The van der Waals surface area contributed by atoms with Crippen LogP contribution in [0.15, 0.2) is 0 Å². The number of rotatable bonds is 7. The van der Waals surface area contributed by atoms with Crippen LogP contribution >= 0.6 is 0 Å². The smallest absolute Gasteiger partial charge is 0.328 e. The highest BCUT2D eigenvalue weighted by Gasteiger charge is 2.36. The largest absolute Gasteiger partial charge is 0.481 e. The highest BCUT2D eigenvalue weighted by Crippen LogP contribution is 2.42. The molecule has 0 spiro atoms. The Bertz CT molecular complexity index is 388. The van der Waals surface area contributed by atoms with Crippen LogP contribution in [0, 0.1) is 5.41 Å². The van der Waals surface area contributed by atoms with Gasteiger partial charge in [0.1, 0.15) is 6.04 Å². The van der Waals surface area contributed by atoms with Crippen molar-refractivity contribution in [1.29, 1.82) is 0 Å². The molecule has 1 aliphatic carbocycles. The molecule has 0 saturated heterocycles. The van der Waals surface area contributed by atoms with Gasteiger partial charge in [0.25, 0.3) is 0 Å². The molecule has 1 saturated carbocycles. The molecule has 120 valence electrons. The van der Waals surface area contributed by atoms with Crippen molar-refractivity contribution in [3.63, 3.8) is 0 Å². The van der Waals surface area contributed by atoms with Gasteiger partial charge >= 0.3 is 11.9 Å². The summed E-state index contributed by atoms with van der Waals surface area (Å²) >= 11 is 0. The molecule has 0 aromatic heterocycles. The molecule has 0 aliphatic heterocycles. The van der Waals surface area contributed by atoms with Crippen LogP contribution in [0.1, 0.15) is 58.8 Å². The Hall–Kier alpha value is -1.59. The Morgan fingerprint density at radius 2 is 1.81 bits per heavy atom. The molecule has 1 rings (SSSR count). The fourth-order valence-electron chi connectivity index (χ4n) is 3.00. The third kappa shape index (κ3) is 5.73. The molecule has 6 nitrogen and oxygen atoms in total. The molecule has 1 amide bonds. The Morgan fingerprint density at radius 3 is 2.33 bits per heavy atom. The van der Waals surface area contributed by atoms with E-state index in [1.165, 1.54) is 0 Å². The van der Waals surface area contributed by atoms with Crippen molar-refractivity contribution in [1.82, 2.24) is 5.32 Å². The highest BCUT2D eigenvalue weighted by atomic mass is 16.5. The van der Waals surface area contributed by atoms with E-state index in [4.69, 9.17) is 9.84 Å². The van der Waals surface area contributed by atoms with Crippen LogP contribution in [-0.4, -0.2) is 35.6 Å². The highest BCUT2D eigenvalue weighted by molar-refractivity contribution is 5.84. The van der Waals surface area contributed by atoms with Gasteiger partial charge in [-0.05, 0) is 32.1 Å². The summed E-state index contributed by atoms with van der Waals surface area (Å²) in [6.45, 7) is 3.54. The van der Waals surface area contributed by atoms with Crippen LogP contribution in [0.3, 0.4) is 0 Å². The summed E-state index contributed by atoms with van der Waals surface area (Å²) in [6, 6.07) is -0.706. The van der Waals surface area contributed by atoms with Gasteiger partial charge in [0.05, 0.1) is 13.0 Å². The Balaban J connectivity index is 2.59. The van der Waals surface area contributed by atoms with Crippen molar-refractivity contribution in [3.8, 4) is 0 Å². The minimum atomic E-state index is -0.872. The number of carboxylic acid groups (broad SMARTS) is 1. The van der Waals surface area contributed by atoms with E-state index >= 15 is 0 Å². The fraction of sp³-hybridized carbons (Fsp3) is 0.800. The van der Waals surface area contributed by atoms with Crippen molar-refractivity contribution in [3.05, 3.63) is 0 Å². The van der Waals surface area contributed by atoms with E-state index in [9.17, 15) is 14.4 Å². The second kappa shape index (κ2) is 8.00. The third-order valence-corrected chi connectivity index (χ3v) is 3.99. The zero-order valence-electron chi connectivity index (χ0n) is 12.8. The minimum absolute atomic E-state index is 0.00814. The number of carbonyl (C=O) groups is 3. The maximum Gasteiger partial charge on any atom is 0.328 e. The van der Waals surface area contributed by atoms with E-state index < -0.39 is 23.4 Å². The van der Waals surface area contributed by atoms with E-state index in [1.54, 1.807) is 13.8 Å². The molecule has 1 aliphatic rings. The second-order valence-electron chi connectivity index (χ2n) is 5.85. The van der Waals surface area contributed by atoms with Gasteiger partial charge in [0.2, 0.25) is 5.91 Å². The number of carbonyl (C=O) groups excluding carboxylic acids is 2. The average molecular weight is 299 g/mol. The van der Waals surface area contributed by atoms with Crippen molar-refractivity contribution < 1.29 is 24.2 Å². The summed E-state index contributed by atoms with van der Waals surface area (Å²) in [5.74, 6) is -1.62. The molecule has 1 atom stereocenters. The maximum absolute atomic E-state index is 12.1. The Kier molecular flexibility index (Phi) is 6.65. The summed E-state index contributed by atoms with van der Waals surface area (Å²) < 4.78 is 4.84. The lowest BCUT2D eigenvalue weighted by Gasteiger charge is -2.35. The van der Waals surface area contributed by atoms with Gasteiger partial charge in [0.15, 0.2) is 0 Å². The number of hydrogen-bond donors (Lipinski definition) is 2. The average Bonchev–Trinajstić information content (AvgIpc) is 2.38. The first kappa shape index (κ1) is 17.5. The van der Waals surface area contributed by atoms with E-state index in [0.29, 0.717) is 0 Å². The maximum atomic E-state index is 12.1. The second-order valence-corrected chi connectivity index (χ2v) is 5.85. The molecule has 0 aromatic rings. The van der Waals surface area contributed by atoms with Gasteiger partial charge in [-0.2, -0.15) is 0 Å². The van der Waals surface area contributed by atoms with Crippen molar-refractivity contribution in [2.24, 2.45) is 5.41 Å².